The predicted octanol–water partition coefficient (Wildman–Crippen LogP) is 3.63. The molecule has 0 fully saturated rings. The van der Waals surface area contributed by atoms with Gasteiger partial charge in [0, 0.05) is 10.6 Å². The molecule has 7 nitrogen and oxygen atoms in total. The summed E-state index contributed by atoms with van der Waals surface area (Å²) < 4.78 is 11.0. The summed E-state index contributed by atoms with van der Waals surface area (Å²) in [4.78, 5) is 24.0. The molecule has 2 N–H and O–H groups in total. The monoisotopic (exact) mass is 435 g/mol. The van der Waals surface area contributed by atoms with Crippen molar-refractivity contribution in [2.24, 2.45) is 0 Å². The molecule has 0 heterocycles. The van der Waals surface area contributed by atoms with Crippen LogP contribution in [-0.2, 0) is 11.4 Å². The number of hydrogen-bond donors (Lipinski definition) is 2. The Morgan fingerprint density at radius 1 is 0.903 bits per heavy atom. The number of ether oxygens (including phenoxy) is 2. The molecule has 0 saturated heterocycles. The number of benzene rings is 3. The van der Waals surface area contributed by atoms with E-state index in [0.717, 1.165) is 5.56 Å². The molecule has 0 aromatic heterocycles. The number of nitrogens with zero attached hydrogens (tertiary/aromatic N) is 1. The highest BCUT2D eigenvalue weighted by atomic mass is 35.5. The molecule has 0 bridgehead atoms. The van der Waals surface area contributed by atoms with Crippen LogP contribution in [0.15, 0.2) is 72.8 Å². The van der Waals surface area contributed by atoms with E-state index in [0.29, 0.717) is 34.3 Å². The summed E-state index contributed by atoms with van der Waals surface area (Å²) in [6, 6.07) is 22.2. The summed E-state index contributed by atoms with van der Waals surface area (Å²) in [5.74, 6) is 0.0705. The molecule has 0 unspecified atom stereocenters. The van der Waals surface area contributed by atoms with Crippen LogP contribution in [-0.4, -0.2) is 18.4 Å². The first kappa shape index (κ1) is 21.7. The van der Waals surface area contributed by atoms with Gasteiger partial charge in [0.25, 0.3) is 11.8 Å². The molecule has 156 valence electrons. The maximum Gasteiger partial charge on any atom is 0.276 e. The van der Waals surface area contributed by atoms with Crippen LogP contribution in [0.25, 0.3) is 0 Å². The molecule has 2 amide bonds. The summed E-state index contributed by atoms with van der Waals surface area (Å²) in [5, 5.41) is 9.49. The Morgan fingerprint density at radius 3 is 2.35 bits per heavy atom. The van der Waals surface area contributed by atoms with E-state index < -0.39 is 11.8 Å². The number of carbonyl (C=O) groups excluding carboxylic acids is 2. The minimum absolute atomic E-state index is 0.309. The Morgan fingerprint density at radius 2 is 1.65 bits per heavy atom. The summed E-state index contributed by atoms with van der Waals surface area (Å²) in [6.07, 6.45) is 0. The first-order valence-electron chi connectivity index (χ1n) is 9.23. The lowest BCUT2D eigenvalue weighted by Gasteiger charge is -2.10. The van der Waals surface area contributed by atoms with Gasteiger partial charge in [-0.2, -0.15) is 5.26 Å². The SMILES string of the molecule is N#Cc1cccc(OCC(=O)NNC(=O)c2ccc(COc3ccc(Cl)cc3)cc2)c1. The molecule has 3 rings (SSSR count). The van der Waals surface area contributed by atoms with E-state index in [1.54, 1.807) is 66.7 Å². The second-order valence-electron chi connectivity index (χ2n) is 6.37. The third-order valence-electron chi connectivity index (χ3n) is 4.08. The molecule has 3 aromatic carbocycles. The largest absolute Gasteiger partial charge is 0.489 e. The fourth-order valence-electron chi connectivity index (χ4n) is 2.49. The lowest BCUT2D eigenvalue weighted by atomic mass is 10.1. The number of hydrogen-bond acceptors (Lipinski definition) is 5. The van der Waals surface area contributed by atoms with Gasteiger partial charge in [-0.25, -0.2) is 0 Å². The van der Waals surface area contributed by atoms with Crippen LogP contribution >= 0.6 is 11.6 Å². The van der Waals surface area contributed by atoms with E-state index in [1.807, 2.05) is 6.07 Å². The molecule has 0 radical (unpaired) electrons. The quantitative estimate of drug-likeness (QED) is 0.552. The van der Waals surface area contributed by atoms with Crippen LogP contribution in [0.5, 0.6) is 11.5 Å². The van der Waals surface area contributed by atoms with Gasteiger partial charge in [-0.1, -0.05) is 29.8 Å². The highest BCUT2D eigenvalue weighted by molar-refractivity contribution is 6.30. The molecule has 0 atom stereocenters. The van der Waals surface area contributed by atoms with Crippen molar-refractivity contribution in [3.63, 3.8) is 0 Å². The zero-order chi connectivity index (χ0) is 22.1. The smallest absolute Gasteiger partial charge is 0.276 e. The van der Waals surface area contributed by atoms with Gasteiger partial charge in [0.2, 0.25) is 0 Å². The maximum absolute atomic E-state index is 12.2. The number of rotatable bonds is 7. The Balaban J connectivity index is 1.42. The third-order valence-corrected chi connectivity index (χ3v) is 4.34. The van der Waals surface area contributed by atoms with Gasteiger partial charge in [0.15, 0.2) is 6.61 Å². The molecule has 0 aliphatic carbocycles. The highest BCUT2D eigenvalue weighted by Crippen LogP contribution is 2.17. The number of amides is 2. The zero-order valence-corrected chi connectivity index (χ0v) is 17.1. The Bertz CT molecular complexity index is 1090. The highest BCUT2D eigenvalue weighted by Gasteiger charge is 2.08. The molecule has 31 heavy (non-hydrogen) atoms. The van der Waals surface area contributed by atoms with Gasteiger partial charge >= 0.3 is 0 Å². The van der Waals surface area contributed by atoms with Crippen molar-refractivity contribution >= 4 is 23.4 Å². The van der Waals surface area contributed by atoms with E-state index in [2.05, 4.69) is 10.9 Å². The molecule has 0 aliphatic heterocycles. The molecule has 0 spiro atoms. The average Bonchev–Trinajstić information content (AvgIpc) is 2.81. The molecular formula is C23H18ClN3O4. The van der Waals surface area contributed by atoms with Crippen molar-refractivity contribution in [3.05, 3.63) is 94.5 Å². The van der Waals surface area contributed by atoms with Gasteiger partial charge < -0.3 is 9.47 Å². The standard InChI is InChI=1S/C23H18ClN3O4/c24-19-8-10-20(11-9-19)30-14-16-4-6-18(7-5-16)23(29)27-26-22(28)15-31-21-3-1-2-17(12-21)13-25/h1-12H,14-15H2,(H,26,28)(H,27,29). The first-order chi connectivity index (χ1) is 15.0. The van der Waals surface area contributed by atoms with Crippen LogP contribution in [0, 0.1) is 11.3 Å². The van der Waals surface area contributed by atoms with Crippen molar-refractivity contribution in [3.8, 4) is 17.6 Å². The number of halogens is 1. The van der Waals surface area contributed by atoms with Crippen molar-refractivity contribution in [1.82, 2.24) is 10.9 Å². The van der Waals surface area contributed by atoms with Gasteiger partial charge in [0.05, 0.1) is 11.6 Å². The summed E-state index contributed by atoms with van der Waals surface area (Å²) in [6.45, 7) is 0.0285. The zero-order valence-electron chi connectivity index (χ0n) is 16.3. The van der Waals surface area contributed by atoms with Crippen molar-refractivity contribution < 1.29 is 19.1 Å². The molecule has 3 aromatic rings. The number of nitriles is 1. The normalized spacial score (nSPS) is 9.94. The number of carbonyl (C=O) groups is 2. The number of hydrazine groups is 1. The van der Waals surface area contributed by atoms with E-state index in [-0.39, 0.29) is 6.61 Å². The van der Waals surface area contributed by atoms with Gasteiger partial charge in [-0.05, 0) is 60.2 Å². The van der Waals surface area contributed by atoms with E-state index in [4.69, 9.17) is 26.3 Å². The summed E-state index contributed by atoms with van der Waals surface area (Å²) >= 11 is 5.84. The molecular weight excluding hydrogens is 418 g/mol. The van der Waals surface area contributed by atoms with Crippen LogP contribution in [0.1, 0.15) is 21.5 Å². The molecule has 8 heteroatoms. The lowest BCUT2D eigenvalue weighted by molar-refractivity contribution is -0.123. The predicted molar refractivity (Wildman–Crippen MR) is 114 cm³/mol. The van der Waals surface area contributed by atoms with E-state index in [1.165, 1.54) is 6.07 Å². The summed E-state index contributed by atoms with van der Waals surface area (Å²) in [5.41, 5.74) is 6.28. The molecule has 0 aliphatic rings. The van der Waals surface area contributed by atoms with Crippen LogP contribution in [0.4, 0.5) is 0 Å². The Hall–Kier alpha value is -4.02. The fraction of sp³-hybridized carbons (Fsp3) is 0.0870. The van der Waals surface area contributed by atoms with Crippen molar-refractivity contribution in [1.29, 1.82) is 5.26 Å². The van der Waals surface area contributed by atoms with E-state index in [9.17, 15) is 9.59 Å². The van der Waals surface area contributed by atoms with Crippen molar-refractivity contribution in [2.45, 2.75) is 6.61 Å². The van der Waals surface area contributed by atoms with E-state index >= 15 is 0 Å². The number of nitrogens with one attached hydrogen (secondary N) is 2. The minimum Gasteiger partial charge on any atom is -0.489 e. The van der Waals surface area contributed by atoms with Gasteiger partial charge in [-0.3, -0.25) is 20.4 Å². The van der Waals surface area contributed by atoms with Crippen LogP contribution < -0.4 is 20.3 Å². The summed E-state index contributed by atoms with van der Waals surface area (Å²) in [7, 11) is 0. The van der Waals surface area contributed by atoms with Crippen LogP contribution in [0.3, 0.4) is 0 Å². The first-order valence-corrected chi connectivity index (χ1v) is 9.61. The maximum atomic E-state index is 12.2. The van der Waals surface area contributed by atoms with Crippen LogP contribution in [0.2, 0.25) is 5.02 Å². The Labute approximate surface area is 184 Å². The van der Waals surface area contributed by atoms with Gasteiger partial charge in [-0.15, -0.1) is 0 Å². The lowest BCUT2D eigenvalue weighted by Crippen LogP contribution is -2.43. The second kappa shape index (κ2) is 10.7. The fourth-order valence-corrected chi connectivity index (χ4v) is 2.61. The van der Waals surface area contributed by atoms with Crippen molar-refractivity contribution in [2.75, 3.05) is 6.61 Å². The molecule has 0 saturated carbocycles. The second-order valence-corrected chi connectivity index (χ2v) is 6.81. The third kappa shape index (κ3) is 6.77. The average molecular weight is 436 g/mol. The Kier molecular flexibility index (Phi) is 7.46. The topological polar surface area (TPSA) is 100 Å². The minimum atomic E-state index is -0.538. The van der Waals surface area contributed by atoms with Gasteiger partial charge in [0.1, 0.15) is 18.1 Å².